The standard InChI is InChI=1S/C15H20N2O3/c1-3-4-9-20-15(19)17-11(2)10-14(18)16-12-7-5-6-8-13(12)17/h5-8,11H,3-4,9-10H2,1-2H3,(H,16,18)/t11-/m0/s1. The van der Waals surface area contributed by atoms with E-state index in [2.05, 4.69) is 5.32 Å². The molecule has 0 aromatic heterocycles. The number of ether oxygens (including phenoxy) is 1. The molecule has 0 spiro atoms. The Morgan fingerprint density at radius 3 is 2.95 bits per heavy atom. The molecule has 20 heavy (non-hydrogen) atoms. The van der Waals surface area contributed by atoms with Crippen molar-refractivity contribution in [2.24, 2.45) is 0 Å². The van der Waals surface area contributed by atoms with Crippen LogP contribution in [0, 0.1) is 0 Å². The number of rotatable bonds is 3. The number of amides is 2. The highest BCUT2D eigenvalue weighted by molar-refractivity contribution is 6.02. The lowest BCUT2D eigenvalue weighted by Gasteiger charge is -2.26. The van der Waals surface area contributed by atoms with Crippen molar-refractivity contribution in [3.8, 4) is 0 Å². The Kier molecular flexibility index (Phi) is 4.61. The molecule has 5 heteroatoms. The molecule has 1 aliphatic heterocycles. The second-order valence-corrected chi connectivity index (χ2v) is 4.96. The lowest BCUT2D eigenvalue weighted by molar-refractivity contribution is -0.116. The maximum atomic E-state index is 12.3. The number of hydrogen-bond donors (Lipinski definition) is 1. The molecule has 0 fully saturated rings. The number of unbranched alkanes of at least 4 members (excludes halogenated alkanes) is 1. The van der Waals surface area contributed by atoms with Crippen LogP contribution < -0.4 is 10.2 Å². The number of fused-ring (bicyclic) bond motifs is 1. The SMILES string of the molecule is CCCCOC(=O)N1c2ccccc2NC(=O)C[C@@H]1C. The molecular formula is C15H20N2O3. The van der Waals surface area contributed by atoms with E-state index in [1.54, 1.807) is 11.0 Å². The molecule has 0 saturated heterocycles. The van der Waals surface area contributed by atoms with Crippen molar-refractivity contribution in [2.75, 3.05) is 16.8 Å². The molecule has 108 valence electrons. The van der Waals surface area contributed by atoms with E-state index in [4.69, 9.17) is 4.74 Å². The molecule has 1 heterocycles. The van der Waals surface area contributed by atoms with Gasteiger partial charge in [0, 0.05) is 12.5 Å². The number of anilines is 2. The molecule has 1 aromatic rings. The van der Waals surface area contributed by atoms with Crippen molar-refractivity contribution in [3.05, 3.63) is 24.3 Å². The van der Waals surface area contributed by atoms with Gasteiger partial charge in [-0.05, 0) is 25.5 Å². The number of carbonyl (C=O) groups is 2. The predicted molar refractivity (Wildman–Crippen MR) is 77.9 cm³/mol. The van der Waals surface area contributed by atoms with Crippen LogP contribution in [-0.2, 0) is 9.53 Å². The van der Waals surface area contributed by atoms with Crippen LogP contribution in [0.4, 0.5) is 16.2 Å². The highest BCUT2D eigenvalue weighted by atomic mass is 16.6. The van der Waals surface area contributed by atoms with Gasteiger partial charge in [0.15, 0.2) is 0 Å². The van der Waals surface area contributed by atoms with E-state index in [1.165, 1.54) is 0 Å². The lowest BCUT2D eigenvalue weighted by Crippen LogP contribution is -2.39. The summed E-state index contributed by atoms with van der Waals surface area (Å²) in [7, 11) is 0. The fraction of sp³-hybridized carbons (Fsp3) is 0.467. The van der Waals surface area contributed by atoms with E-state index >= 15 is 0 Å². The summed E-state index contributed by atoms with van der Waals surface area (Å²) in [5.41, 5.74) is 1.33. The van der Waals surface area contributed by atoms with Crippen molar-refractivity contribution in [1.82, 2.24) is 0 Å². The van der Waals surface area contributed by atoms with Crippen molar-refractivity contribution >= 4 is 23.4 Å². The number of benzene rings is 1. The minimum atomic E-state index is -0.394. The maximum Gasteiger partial charge on any atom is 0.414 e. The van der Waals surface area contributed by atoms with Gasteiger partial charge in [-0.25, -0.2) is 4.79 Å². The summed E-state index contributed by atoms with van der Waals surface area (Å²) in [6.07, 6.45) is 1.68. The summed E-state index contributed by atoms with van der Waals surface area (Å²) >= 11 is 0. The van der Waals surface area contributed by atoms with Crippen LogP contribution in [0.5, 0.6) is 0 Å². The summed E-state index contributed by atoms with van der Waals surface area (Å²) in [5, 5.41) is 2.82. The van der Waals surface area contributed by atoms with E-state index in [0.29, 0.717) is 18.0 Å². The lowest BCUT2D eigenvalue weighted by atomic mass is 10.2. The summed E-state index contributed by atoms with van der Waals surface area (Å²) in [6, 6.07) is 7.05. The first-order valence-electron chi connectivity index (χ1n) is 6.98. The average Bonchev–Trinajstić information content (AvgIpc) is 2.53. The van der Waals surface area contributed by atoms with Gasteiger partial charge in [0.2, 0.25) is 5.91 Å². The molecule has 0 saturated carbocycles. The fourth-order valence-electron chi connectivity index (χ4n) is 2.24. The van der Waals surface area contributed by atoms with Gasteiger partial charge in [0.05, 0.1) is 18.0 Å². The van der Waals surface area contributed by atoms with Gasteiger partial charge in [0.25, 0.3) is 0 Å². The Labute approximate surface area is 118 Å². The third kappa shape index (κ3) is 3.10. The minimum absolute atomic E-state index is 0.0891. The Morgan fingerprint density at radius 2 is 2.20 bits per heavy atom. The van der Waals surface area contributed by atoms with E-state index < -0.39 is 6.09 Å². The van der Waals surface area contributed by atoms with Crippen LogP contribution in [0.1, 0.15) is 33.1 Å². The molecule has 1 atom stereocenters. The van der Waals surface area contributed by atoms with Crippen molar-refractivity contribution in [2.45, 2.75) is 39.2 Å². The smallest absolute Gasteiger partial charge is 0.414 e. The second-order valence-electron chi connectivity index (χ2n) is 4.96. The first-order chi connectivity index (χ1) is 9.63. The quantitative estimate of drug-likeness (QED) is 0.863. The van der Waals surface area contributed by atoms with Crippen LogP contribution in [0.3, 0.4) is 0 Å². The second kappa shape index (κ2) is 6.41. The van der Waals surface area contributed by atoms with Crippen LogP contribution in [0.25, 0.3) is 0 Å². The third-order valence-electron chi connectivity index (χ3n) is 3.28. The van der Waals surface area contributed by atoms with Gasteiger partial charge in [0.1, 0.15) is 0 Å². The molecule has 0 radical (unpaired) electrons. The van der Waals surface area contributed by atoms with Gasteiger partial charge < -0.3 is 10.1 Å². The van der Waals surface area contributed by atoms with E-state index in [-0.39, 0.29) is 18.4 Å². The molecule has 1 N–H and O–H groups in total. The monoisotopic (exact) mass is 276 g/mol. The number of nitrogens with zero attached hydrogens (tertiary/aromatic N) is 1. The zero-order valence-corrected chi connectivity index (χ0v) is 11.9. The Bertz CT molecular complexity index is 502. The molecule has 0 bridgehead atoms. The molecule has 1 aromatic carbocycles. The van der Waals surface area contributed by atoms with E-state index in [0.717, 1.165) is 12.8 Å². The normalized spacial score (nSPS) is 18.0. The van der Waals surface area contributed by atoms with Crippen molar-refractivity contribution in [1.29, 1.82) is 0 Å². The molecule has 0 aliphatic carbocycles. The first-order valence-corrected chi connectivity index (χ1v) is 6.98. The van der Waals surface area contributed by atoms with Crippen LogP contribution in [-0.4, -0.2) is 24.6 Å². The van der Waals surface area contributed by atoms with Crippen LogP contribution in [0.2, 0.25) is 0 Å². The molecular weight excluding hydrogens is 256 g/mol. The number of nitrogens with one attached hydrogen (secondary N) is 1. The first kappa shape index (κ1) is 14.4. The zero-order valence-electron chi connectivity index (χ0n) is 11.9. The van der Waals surface area contributed by atoms with Crippen LogP contribution in [0.15, 0.2) is 24.3 Å². The largest absolute Gasteiger partial charge is 0.449 e. The van der Waals surface area contributed by atoms with Crippen molar-refractivity contribution < 1.29 is 14.3 Å². The molecule has 2 rings (SSSR count). The average molecular weight is 276 g/mol. The van der Waals surface area contributed by atoms with Gasteiger partial charge in [-0.15, -0.1) is 0 Å². The fourth-order valence-corrected chi connectivity index (χ4v) is 2.24. The Hall–Kier alpha value is -2.04. The van der Waals surface area contributed by atoms with Gasteiger partial charge >= 0.3 is 6.09 Å². The maximum absolute atomic E-state index is 12.3. The molecule has 1 aliphatic rings. The van der Waals surface area contributed by atoms with Gasteiger partial charge in [-0.2, -0.15) is 0 Å². The van der Waals surface area contributed by atoms with Crippen LogP contribution >= 0.6 is 0 Å². The highest BCUT2D eigenvalue weighted by Crippen LogP contribution is 2.31. The predicted octanol–water partition coefficient (Wildman–Crippen LogP) is 3.16. The minimum Gasteiger partial charge on any atom is -0.449 e. The summed E-state index contributed by atoms with van der Waals surface area (Å²) < 4.78 is 5.29. The summed E-state index contributed by atoms with van der Waals surface area (Å²) in [5.74, 6) is -0.0891. The molecule has 5 nitrogen and oxygen atoms in total. The number of para-hydroxylation sites is 2. The van der Waals surface area contributed by atoms with E-state index in [9.17, 15) is 9.59 Å². The topological polar surface area (TPSA) is 58.6 Å². The van der Waals surface area contributed by atoms with Crippen molar-refractivity contribution in [3.63, 3.8) is 0 Å². The highest BCUT2D eigenvalue weighted by Gasteiger charge is 2.30. The zero-order chi connectivity index (χ0) is 14.5. The summed E-state index contributed by atoms with van der Waals surface area (Å²) in [6.45, 7) is 4.30. The number of carbonyl (C=O) groups excluding carboxylic acids is 2. The third-order valence-corrected chi connectivity index (χ3v) is 3.28. The Morgan fingerprint density at radius 1 is 1.45 bits per heavy atom. The molecule has 0 unspecified atom stereocenters. The Balaban J connectivity index is 2.25. The van der Waals surface area contributed by atoms with Gasteiger partial charge in [-0.1, -0.05) is 25.5 Å². The number of hydrogen-bond acceptors (Lipinski definition) is 3. The van der Waals surface area contributed by atoms with Gasteiger partial charge in [-0.3, -0.25) is 9.69 Å². The summed E-state index contributed by atoms with van der Waals surface area (Å²) in [4.78, 5) is 25.6. The molecule has 2 amide bonds. The van der Waals surface area contributed by atoms with E-state index in [1.807, 2.05) is 32.0 Å².